The van der Waals surface area contributed by atoms with Crippen molar-refractivity contribution < 1.29 is 27.3 Å². The molecule has 0 aliphatic heterocycles. The van der Waals surface area contributed by atoms with Crippen LogP contribution in [0.3, 0.4) is 0 Å². The summed E-state index contributed by atoms with van der Waals surface area (Å²) in [5.74, 6) is -0.658. The number of hydrogen-bond acceptors (Lipinski definition) is 7. The number of nitrogens with one attached hydrogen (secondary N) is 3. The molecule has 1 heterocycles. The van der Waals surface area contributed by atoms with Gasteiger partial charge in [-0.3, -0.25) is 14.4 Å². The molecule has 3 amide bonds. The van der Waals surface area contributed by atoms with Gasteiger partial charge < -0.3 is 20.1 Å². The van der Waals surface area contributed by atoms with Gasteiger partial charge in [0.1, 0.15) is 5.76 Å². The first-order valence-electron chi connectivity index (χ1n) is 8.86. The van der Waals surface area contributed by atoms with Crippen LogP contribution in [0.25, 0.3) is 0 Å². The minimum absolute atomic E-state index is 0.0712. The van der Waals surface area contributed by atoms with Gasteiger partial charge in [-0.2, -0.15) is 4.72 Å². The molecule has 30 heavy (non-hydrogen) atoms. The molecule has 2 rings (SSSR count). The zero-order valence-corrected chi connectivity index (χ0v) is 17.7. The van der Waals surface area contributed by atoms with Gasteiger partial charge in [0.05, 0.1) is 17.5 Å². The Balaban J connectivity index is 1.95. The molecule has 1 atom stereocenters. The Kier molecular flexibility index (Phi) is 7.29. The van der Waals surface area contributed by atoms with Crippen molar-refractivity contribution in [2.24, 2.45) is 0 Å². The van der Waals surface area contributed by atoms with Crippen molar-refractivity contribution in [3.8, 4) is 0 Å². The van der Waals surface area contributed by atoms with Crippen LogP contribution < -0.4 is 15.4 Å². The van der Waals surface area contributed by atoms with Crippen molar-refractivity contribution in [1.29, 1.82) is 0 Å². The van der Waals surface area contributed by atoms with Crippen LogP contribution in [0, 0.1) is 6.92 Å². The standard InChI is InChI=1S/C18H23N5O6S/c1-11-9-16(21-29-11)20-17(25)10-23(4)18(26)12(2)22-30(27,28)15-7-5-14(6-8-15)19-13(3)24/h5-9,12,22H,10H2,1-4H3,(H,19,24)(H,20,21,25)/t12-/m0/s1. The molecular formula is C18H23N5O6S. The molecule has 0 fully saturated rings. The van der Waals surface area contributed by atoms with E-state index in [-0.39, 0.29) is 23.2 Å². The predicted molar refractivity (Wildman–Crippen MR) is 108 cm³/mol. The van der Waals surface area contributed by atoms with Crippen LogP contribution in [-0.2, 0) is 24.4 Å². The number of carbonyl (C=O) groups is 3. The molecule has 0 aliphatic rings. The summed E-state index contributed by atoms with van der Waals surface area (Å²) in [6.07, 6.45) is 0. The minimum Gasteiger partial charge on any atom is -0.360 e. The van der Waals surface area contributed by atoms with Crippen molar-refractivity contribution in [2.45, 2.75) is 31.7 Å². The highest BCUT2D eigenvalue weighted by Crippen LogP contribution is 2.14. The van der Waals surface area contributed by atoms with E-state index in [1.807, 2.05) is 0 Å². The van der Waals surface area contributed by atoms with E-state index in [1.165, 1.54) is 51.2 Å². The molecule has 12 heteroatoms. The summed E-state index contributed by atoms with van der Waals surface area (Å²) in [4.78, 5) is 36.5. The summed E-state index contributed by atoms with van der Waals surface area (Å²) in [6.45, 7) is 4.08. The van der Waals surface area contributed by atoms with E-state index >= 15 is 0 Å². The summed E-state index contributed by atoms with van der Waals surface area (Å²) in [5.41, 5.74) is 0.443. The van der Waals surface area contributed by atoms with Crippen LogP contribution in [0.5, 0.6) is 0 Å². The molecule has 1 aromatic carbocycles. The molecule has 3 N–H and O–H groups in total. The second-order valence-electron chi connectivity index (χ2n) is 6.61. The van der Waals surface area contributed by atoms with E-state index in [2.05, 4.69) is 20.5 Å². The second-order valence-corrected chi connectivity index (χ2v) is 8.33. The highest BCUT2D eigenvalue weighted by Gasteiger charge is 2.25. The monoisotopic (exact) mass is 437 g/mol. The minimum atomic E-state index is -3.99. The van der Waals surface area contributed by atoms with E-state index in [0.717, 1.165) is 4.90 Å². The molecule has 2 aromatic rings. The number of aromatic nitrogens is 1. The number of aryl methyl sites for hydroxylation is 1. The Morgan fingerprint density at radius 3 is 2.33 bits per heavy atom. The lowest BCUT2D eigenvalue weighted by molar-refractivity contribution is -0.134. The highest BCUT2D eigenvalue weighted by molar-refractivity contribution is 7.89. The lowest BCUT2D eigenvalue weighted by Gasteiger charge is -2.21. The molecule has 0 unspecified atom stereocenters. The fraction of sp³-hybridized carbons (Fsp3) is 0.333. The number of carbonyl (C=O) groups excluding carboxylic acids is 3. The lowest BCUT2D eigenvalue weighted by atomic mass is 10.3. The summed E-state index contributed by atoms with van der Waals surface area (Å²) < 4.78 is 32.1. The highest BCUT2D eigenvalue weighted by atomic mass is 32.2. The van der Waals surface area contributed by atoms with E-state index < -0.39 is 27.9 Å². The first-order chi connectivity index (χ1) is 14.0. The molecule has 1 aromatic heterocycles. The van der Waals surface area contributed by atoms with Gasteiger partial charge in [0.15, 0.2) is 5.82 Å². The van der Waals surface area contributed by atoms with Gasteiger partial charge in [-0.25, -0.2) is 8.42 Å². The molecule has 11 nitrogen and oxygen atoms in total. The fourth-order valence-corrected chi connectivity index (χ4v) is 3.70. The molecule has 162 valence electrons. The topological polar surface area (TPSA) is 151 Å². The third-order valence-electron chi connectivity index (χ3n) is 3.84. The maximum Gasteiger partial charge on any atom is 0.245 e. The summed E-state index contributed by atoms with van der Waals surface area (Å²) in [7, 11) is -2.61. The zero-order valence-electron chi connectivity index (χ0n) is 16.9. The smallest absolute Gasteiger partial charge is 0.245 e. The summed E-state index contributed by atoms with van der Waals surface area (Å²) in [6, 6.07) is 5.89. The van der Waals surface area contributed by atoms with Crippen LogP contribution in [0.2, 0.25) is 0 Å². The van der Waals surface area contributed by atoms with E-state index in [0.29, 0.717) is 11.4 Å². The van der Waals surface area contributed by atoms with Crippen LogP contribution in [0.4, 0.5) is 11.5 Å². The van der Waals surface area contributed by atoms with Gasteiger partial charge in [-0.1, -0.05) is 5.16 Å². The van der Waals surface area contributed by atoms with E-state index in [1.54, 1.807) is 6.92 Å². The Hall–Kier alpha value is -3.25. The first-order valence-corrected chi connectivity index (χ1v) is 10.3. The summed E-state index contributed by atoms with van der Waals surface area (Å²) >= 11 is 0. The number of amides is 3. The van der Waals surface area contributed by atoms with Gasteiger partial charge >= 0.3 is 0 Å². The fourth-order valence-electron chi connectivity index (χ4n) is 2.50. The Bertz CT molecular complexity index is 1030. The van der Waals surface area contributed by atoms with E-state index in [9.17, 15) is 22.8 Å². The number of hydrogen-bond donors (Lipinski definition) is 3. The number of benzene rings is 1. The molecule has 0 saturated carbocycles. The Labute approximate surface area is 173 Å². The van der Waals surface area contributed by atoms with Gasteiger partial charge in [0.2, 0.25) is 27.7 Å². The second kappa shape index (κ2) is 9.50. The van der Waals surface area contributed by atoms with Crippen molar-refractivity contribution >= 4 is 39.3 Å². The maximum atomic E-state index is 12.5. The normalized spacial score (nSPS) is 12.1. The number of likely N-dealkylation sites (N-methyl/N-ethyl adjacent to an activating group) is 1. The third kappa shape index (κ3) is 6.39. The summed E-state index contributed by atoms with van der Waals surface area (Å²) in [5, 5.41) is 8.63. The van der Waals surface area contributed by atoms with Crippen LogP contribution >= 0.6 is 0 Å². The number of sulfonamides is 1. The quantitative estimate of drug-likeness (QED) is 0.550. The molecule has 0 saturated heterocycles. The third-order valence-corrected chi connectivity index (χ3v) is 5.40. The molecular weight excluding hydrogens is 414 g/mol. The molecule has 0 spiro atoms. The number of rotatable bonds is 8. The predicted octanol–water partition coefficient (Wildman–Crippen LogP) is 0.705. The van der Waals surface area contributed by atoms with E-state index in [4.69, 9.17) is 4.52 Å². The Morgan fingerprint density at radius 1 is 1.17 bits per heavy atom. The van der Waals surface area contributed by atoms with Crippen molar-refractivity contribution in [3.05, 3.63) is 36.1 Å². The van der Waals surface area contributed by atoms with Crippen LogP contribution in [0.1, 0.15) is 19.6 Å². The van der Waals surface area contributed by atoms with Crippen molar-refractivity contribution in [3.63, 3.8) is 0 Å². The van der Waals surface area contributed by atoms with Crippen LogP contribution in [-0.4, -0.2) is 55.8 Å². The number of anilines is 2. The zero-order chi connectivity index (χ0) is 22.5. The van der Waals surface area contributed by atoms with Gasteiger partial charge in [0.25, 0.3) is 0 Å². The molecule has 0 radical (unpaired) electrons. The molecule has 0 bridgehead atoms. The van der Waals surface area contributed by atoms with Gasteiger partial charge in [0, 0.05) is 25.7 Å². The molecule has 0 aliphatic carbocycles. The average Bonchev–Trinajstić information content (AvgIpc) is 3.05. The van der Waals surface area contributed by atoms with Gasteiger partial charge in [-0.15, -0.1) is 0 Å². The first kappa shape index (κ1) is 23.0. The largest absolute Gasteiger partial charge is 0.360 e. The SMILES string of the molecule is CC(=O)Nc1ccc(S(=O)(=O)N[C@@H](C)C(=O)N(C)CC(=O)Nc2cc(C)on2)cc1. The lowest BCUT2D eigenvalue weighted by Crippen LogP contribution is -2.47. The van der Waals surface area contributed by atoms with Crippen molar-refractivity contribution in [1.82, 2.24) is 14.8 Å². The average molecular weight is 437 g/mol. The van der Waals surface area contributed by atoms with Crippen molar-refractivity contribution in [2.75, 3.05) is 24.2 Å². The number of nitrogens with zero attached hydrogens (tertiary/aromatic N) is 2. The Morgan fingerprint density at radius 2 is 1.80 bits per heavy atom. The van der Waals surface area contributed by atoms with Gasteiger partial charge in [-0.05, 0) is 38.1 Å². The van der Waals surface area contributed by atoms with Crippen LogP contribution in [0.15, 0.2) is 39.8 Å². The maximum absolute atomic E-state index is 12.5.